The van der Waals surface area contributed by atoms with Gasteiger partial charge in [0.2, 0.25) is 0 Å². The molecular formula is C16H22ClN3S. The molecule has 2 unspecified atom stereocenters. The van der Waals surface area contributed by atoms with Crippen molar-refractivity contribution in [3.05, 3.63) is 45.9 Å². The number of nitrogens with one attached hydrogen (secondary N) is 1. The van der Waals surface area contributed by atoms with Crippen LogP contribution in [0.4, 0.5) is 5.13 Å². The third kappa shape index (κ3) is 3.76. The molecule has 1 aromatic carbocycles. The second-order valence-electron chi connectivity index (χ2n) is 5.14. The number of rotatable bonds is 6. The Morgan fingerprint density at radius 3 is 2.71 bits per heavy atom. The number of hydrogen-bond acceptors (Lipinski definition) is 4. The summed E-state index contributed by atoms with van der Waals surface area (Å²) in [4.78, 5) is 6.92. The normalized spacial score (nSPS) is 14.0. The fourth-order valence-corrected chi connectivity index (χ4v) is 3.50. The van der Waals surface area contributed by atoms with Gasteiger partial charge < -0.3 is 10.2 Å². The van der Waals surface area contributed by atoms with Gasteiger partial charge in [-0.2, -0.15) is 0 Å². The monoisotopic (exact) mass is 323 g/mol. The molecule has 0 fully saturated rings. The fourth-order valence-electron chi connectivity index (χ4n) is 2.24. The number of thiazole rings is 1. The summed E-state index contributed by atoms with van der Waals surface area (Å²) in [7, 11) is 2.06. The van der Waals surface area contributed by atoms with Crippen molar-refractivity contribution in [3.63, 3.8) is 0 Å². The van der Waals surface area contributed by atoms with E-state index in [1.165, 1.54) is 0 Å². The standard InChI is InChI=1S/C16H22ClN3S/c1-5-18-11(2)15-10-21-16(19-15)20(4)12(3)13-8-6-7-9-14(13)17/h6-12,18H,5H2,1-4H3. The zero-order valence-electron chi connectivity index (χ0n) is 12.9. The summed E-state index contributed by atoms with van der Waals surface area (Å²) in [5, 5.41) is 7.33. The lowest BCUT2D eigenvalue weighted by Gasteiger charge is -2.25. The molecule has 3 nitrogen and oxygen atoms in total. The zero-order chi connectivity index (χ0) is 15.4. The largest absolute Gasteiger partial charge is 0.344 e. The molecule has 0 bridgehead atoms. The highest BCUT2D eigenvalue weighted by atomic mass is 35.5. The van der Waals surface area contributed by atoms with E-state index in [1.54, 1.807) is 11.3 Å². The van der Waals surface area contributed by atoms with E-state index in [0.717, 1.165) is 28.0 Å². The minimum atomic E-state index is 0.187. The van der Waals surface area contributed by atoms with Crippen LogP contribution in [0.15, 0.2) is 29.6 Å². The summed E-state index contributed by atoms with van der Waals surface area (Å²) in [6.45, 7) is 7.34. The Bertz CT molecular complexity index is 584. The number of hydrogen-bond donors (Lipinski definition) is 1. The molecule has 0 saturated carbocycles. The van der Waals surface area contributed by atoms with Crippen LogP contribution in [0.2, 0.25) is 5.02 Å². The van der Waals surface area contributed by atoms with Crippen molar-refractivity contribution in [1.82, 2.24) is 10.3 Å². The van der Waals surface area contributed by atoms with Gasteiger partial charge in [-0.1, -0.05) is 36.7 Å². The number of benzene rings is 1. The third-order valence-electron chi connectivity index (χ3n) is 3.70. The first kappa shape index (κ1) is 16.3. The van der Waals surface area contributed by atoms with E-state index in [1.807, 2.05) is 18.2 Å². The van der Waals surface area contributed by atoms with E-state index >= 15 is 0 Å². The summed E-state index contributed by atoms with van der Waals surface area (Å²) in [6.07, 6.45) is 0. The van der Waals surface area contributed by atoms with Gasteiger partial charge in [0.1, 0.15) is 0 Å². The molecule has 1 aromatic heterocycles. The minimum absolute atomic E-state index is 0.187. The van der Waals surface area contributed by atoms with Crippen LogP contribution >= 0.6 is 22.9 Å². The highest BCUT2D eigenvalue weighted by Gasteiger charge is 2.18. The molecule has 1 N–H and O–H groups in total. The first-order chi connectivity index (χ1) is 10.0. The van der Waals surface area contributed by atoms with Gasteiger partial charge in [-0.3, -0.25) is 0 Å². The Morgan fingerprint density at radius 1 is 1.33 bits per heavy atom. The maximum absolute atomic E-state index is 6.29. The summed E-state index contributed by atoms with van der Waals surface area (Å²) >= 11 is 7.97. The molecule has 2 atom stereocenters. The molecule has 0 spiro atoms. The van der Waals surface area contributed by atoms with Gasteiger partial charge in [-0.05, 0) is 32.0 Å². The fraction of sp³-hybridized carbons (Fsp3) is 0.438. The maximum Gasteiger partial charge on any atom is 0.185 e. The van der Waals surface area contributed by atoms with Gasteiger partial charge >= 0.3 is 0 Å². The van der Waals surface area contributed by atoms with Gasteiger partial charge in [0.15, 0.2) is 5.13 Å². The van der Waals surface area contributed by atoms with E-state index < -0.39 is 0 Å². The van der Waals surface area contributed by atoms with Crippen molar-refractivity contribution in [2.45, 2.75) is 32.9 Å². The molecule has 0 amide bonds. The summed E-state index contributed by atoms with van der Waals surface area (Å²) in [6, 6.07) is 8.45. The molecule has 1 heterocycles. The van der Waals surface area contributed by atoms with Crippen molar-refractivity contribution in [2.24, 2.45) is 0 Å². The van der Waals surface area contributed by atoms with Crippen LogP contribution in [-0.4, -0.2) is 18.6 Å². The van der Waals surface area contributed by atoms with Crippen LogP contribution in [0, 0.1) is 0 Å². The molecule has 114 valence electrons. The lowest BCUT2D eigenvalue weighted by atomic mass is 10.1. The van der Waals surface area contributed by atoms with Gasteiger partial charge in [0, 0.05) is 23.5 Å². The van der Waals surface area contributed by atoms with Crippen molar-refractivity contribution in [2.75, 3.05) is 18.5 Å². The van der Waals surface area contributed by atoms with Gasteiger partial charge in [0.25, 0.3) is 0 Å². The van der Waals surface area contributed by atoms with Crippen molar-refractivity contribution < 1.29 is 0 Å². The first-order valence-electron chi connectivity index (χ1n) is 7.20. The molecular weight excluding hydrogens is 302 g/mol. The van der Waals surface area contributed by atoms with Crippen LogP contribution in [0.5, 0.6) is 0 Å². The van der Waals surface area contributed by atoms with Crippen LogP contribution in [0.1, 0.15) is 44.1 Å². The molecule has 0 aliphatic heterocycles. The summed E-state index contributed by atoms with van der Waals surface area (Å²) in [5.74, 6) is 0. The summed E-state index contributed by atoms with van der Waals surface area (Å²) in [5.41, 5.74) is 2.22. The molecule has 0 radical (unpaired) electrons. The van der Waals surface area contributed by atoms with Crippen molar-refractivity contribution >= 4 is 28.1 Å². The SMILES string of the molecule is CCNC(C)c1csc(N(C)C(C)c2ccccc2Cl)n1. The number of nitrogens with zero attached hydrogens (tertiary/aromatic N) is 2. The highest BCUT2D eigenvalue weighted by molar-refractivity contribution is 7.13. The number of anilines is 1. The van der Waals surface area contributed by atoms with E-state index in [9.17, 15) is 0 Å². The summed E-state index contributed by atoms with van der Waals surface area (Å²) < 4.78 is 0. The zero-order valence-corrected chi connectivity index (χ0v) is 14.5. The van der Waals surface area contributed by atoms with Crippen LogP contribution < -0.4 is 10.2 Å². The van der Waals surface area contributed by atoms with Crippen LogP contribution in [0.25, 0.3) is 0 Å². The predicted molar refractivity (Wildman–Crippen MR) is 92.5 cm³/mol. The van der Waals surface area contributed by atoms with Crippen molar-refractivity contribution in [3.8, 4) is 0 Å². The molecule has 5 heteroatoms. The molecule has 21 heavy (non-hydrogen) atoms. The topological polar surface area (TPSA) is 28.2 Å². The maximum atomic E-state index is 6.29. The van der Waals surface area contributed by atoms with Crippen molar-refractivity contribution in [1.29, 1.82) is 0 Å². The van der Waals surface area contributed by atoms with E-state index in [-0.39, 0.29) is 12.1 Å². The Kier molecular flexibility index (Phi) is 5.62. The van der Waals surface area contributed by atoms with E-state index in [0.29, 0.717) is 0 Å². The van der Waals surface area contributed by atoms with Gasteiger partial charge in [-0.25, -0.2) is 4.98 Å². The second-order valence-corrected chi connectivity index (χ2v) is 6.39. The van der Waals surface area contributed by atoms with Gasteiger partial charge in [-0.15, -0.1) is 11.3 Å². The lowest BCUT2D eigenvalue weighted by Crippen LogP contribution is -2.22. The second kappa shape index (κ2) is 7.25. The first-order valence-corrected chi connectivity index (χ1v) is 8.46. The van der Waals surface area contributed by atoms with Gasteiger partial charge in [0.05, 0.1) is 11.7 Å². The molecule has 2 rings (SSSR count). The molecule has 0 aliphatic carbocycles. The van der Waals surface area contributed by atoms with E-state index in [4.69, 9.17) is 16.6 Å². The average molecular weight is 324 g/mol. The Morgan fingerprint density at radius 2 is 2.05 bits per heavy atom. The molecule has 2 aromatic rings. The van der Waals surface area contributed by atoms with Crippen LogP contribution in [-0.2, 0) is 0 Å². The third-order valence-corrected chi connectivity index (χ3v) is 5.00. The Labute approximate surface area is 136 Å². The number of halogens is 1. The average Bonchev–Trinajstić information content (AvgIpc) is 2.96. The molecule has 0 saturated heterocycles. The smallest absolute Gasteiger partial charge is 0.185 e. The number of aromatic nitrogens is 1. The highest BCUT2D eigenvalue weighted by Crippen LogP contribution is 2.32. The quantitative estimate of drug-likeness (QED) is 0.837. The predicted octanol–water partition coefficient (Wildman–Crippen LogP) is 4.66. The van der Waals surface area contributed by atoms with E-state index in [2.05, 4.69) is 49.5 Å². The Balaban J connectivity index is 2.16. The lowest BCUT2D eigenvalue weighted by molar-refractivity contribution is 0.585. The van der Waals surface area contributed by atoms with Crippen LogP contribution in [0.3, 0.4) is 0 Å². The minimum Gasteiger partial charge on any atom is -0.344 e. The Hall–Kier alpha value is -1.10. The molecule has 0 aliphatic rings.